The molecule has 0 saturated heterocycles. The van der Waals surface area contributed by atoms with Crippen molar-refractivity contribution < 1.29 is 4.74 Å². The number of aromatic nitrogens is 1. The van der Waals surface area contributed by atoms with E-state index < -0.39 is 0 Å². The fourth-order valence-electron chi connectivity index (χ4n) is 1.40. The van der Waals surface area contributed by atoms with E-state index in [2.05, 4.69) is 23.7 Å². The number of hydrogen-bond acceptors (Lipinski definition) is 4. The van der Waals surface area contributed by atoms with Crippen LogP contribution in [-0.2, 0) is 10.6 Å². The van der Waals surface area contributed by atoms with E-state index >= 15 is 0 Å². The highest BCUT2D eigenvalue weighted by molar-refractivity contribution is 7.13. The molecular formula is C11H19ClN2OS. The van der Waals surface area contributed by atoms with Gasteiger partial charge in [0.15, 0.2) is 5.13 Å². The summed E-state index contributed by atoms with van der Waals surface area (Å²) < 4.78 is 5.13. The first-order chi connectivity index (χ1) is 7.72. The molecule has 0 fully saturated rings. The number of alkyl halides is 1. The van der Waals surface area contributed by atoms with Crippen LogP contribution in [0.2, 0.25) is 0 Å². The maximum atomic E-state index is 5.76. The van der Waals surface area contributed by atoms with Crippen LogP contribution in [-0.4, -0.2) is 31.3 Å². The Bertz CT molecular complexity index is 306. The minimum Gasteiger partial charge on any atom is -0.383 e. The molecule has 0 amide bonds. The largest absolute Gasteiger partial charge is 0.383 e. The zero-order valence-electron chi connectivity index (χ0n) is 10.1. The third-order valence-electron chi connectivity index (χ3n) is 2.58. The molecule has 0 bridgehead atoms. The standard InChI is InChI=1S/C11H19ClN2OS/c1-4-9(2)14(5-6-15-3)11-13-10(7-12)8-16-11/h8-9H,4-7H2,1-3H3. The Morgan fingerprint density at radius 2 is 2.38 bits per heavy atom. The van der Waals surface area contributed by atoms with Gasteiger partial charge in [-0.05, 0) is 13.3 Å². The van der Waals surface area contributed by atoms with Crippen molar-refractivity contribution in [2.24, 2.45) is 0 Å². The molecule has 1 aromatic heterocycles. The van der Waals surface area contributed by atoms with Crippen molar-refractivity contribution in [1.82, 2.24) is 4.98 Å². The van der Waals surface area contributed by atoms with E-state index in [9.17, 15) is 0 Å². The van der Waals surface area contributed by atoms with Gasteiger partial charge < -0.3 is 9.64 Å². The van der Waals surface area contributed by atoms with Gasteiger partial charge in [-0.15, -0.1) is 22.9 Å². The van der Waals surface area contributed by atoms with Crippen molar-refractivity contribution in [1.29, 1.82) is 0 Å². The molecule has 92 valence electrons. The van der Waals surface area contributed by atoms with Crippen LogP contribution in [0.1, 0.15) is 26.0 Å². The highest BCUT2D eigenvalue weighted by atomic mass is 35.5. The van der Waals surface area contributed by atoms with Crippen LogP contribution in [0.5, 0.6) is 0 Å². The van der Waals surface area contributed by atoms with Gasteiger partial charge >= 0.3 is 0 Å². The molecule has 0 aliphatic rings. The van der Waals surface area contributed by atoms with Gasteiger partial charge in [0.05, 0.1) is 18.2 Å². The Morgan fingerprint density at radius 3 is 2.88 bits per heavy atom. The topological polar surface area (TPSA) is 25.4 Å². The van der Waals surface area contributed by atoms with E-state index in [0.29, 0.717) is 11.9 Å². The van der Waals surface area contributed by atoms with Crippen LogP contribution < -0.4 is 4.90 Å². The summed E-state index contributed by atoms with van der Waals surface area (Å²) in [6, 6.07) is 0.476. The van der Waals surface area contributed by atoms with Gasteiger partial charge in [0, 0.05) is 25.1 Å². The zero-order chi connectivity index (χ0) is 12.0. The number of methoxy groups -OCH3 is 1. The third kappa shape index (κ3) is 3.61. The molecule has 1 atom stereocenters. The minimum atomic E-state index is 0.476. The highest BCUT2D eigenvalue weighted by Crippen LogP contribution is 2.24. The monoisotopic (exact) mass is 262 g/mol. The smallest absolute Gasteiger partial charge is 0.185 e. The predicted molar refractivity (Wildman–Crippen MR) is 70.6 cm³/mol. The number of rotatable bonds is 7. The Kier molecular flexibility index (Phi) is 6.09. The Balaban J connectivity index is 2.74. The average molecular weight is 263 g/mol. The fraction of sp³-hybridized carbons (Fsp3) is 0.727. The SMILES string of the molecule is CCC(C)N(CCOC)c1nc(CCl)cs1. The van der Waals surface area contributed by atoms with Crippen LogP contribution in [0.3, 0.4) is 0 Å². The summed E-state index contributed by atoms with van der Waals surface area (Å²) in [5.74, 6) is 0.481. The lowest BCUT2D eigenvalue weighted by atomic mass is 10.2. The van der Waals surface area contributed by atoms with E-state index in [1.165, 1.54) is 0 Å². The molecule has 1 rings (SSSR count). The van der Waals surface area contributed by atoms with Crippen LogP contribution >= 0.6 is 22.9 Å². The van der Waals surface area contributed by atoms with Gasteiger partial charge in [0.2, 0.25) is 0 Å². The van der Waals surface area contributed by atoms with E-state index in [-0.39, 0.29) is 0 Å². The van der Waals surface area contributed by atoms with Crippen LogP contribution in [0.4, 0.5) is 5.13 Å². The fourth-order valence-corrected chi connectivity index (χ4v) is 2.59. The van der Waals surface area contributed by atoms with Crippen LogP contribution in [0.15, 0.2) is 5.38 Å². The summed E-state index contributed by atoms with van der Waals surface area (Å²) >= 11 is 7.41. The van der Waals surface area contributed by atoms with E-state index in [1.54, 1.807) is 18.4 Å². The van der Waals surface area contributed by atoms with Crippen molar-refractivity contribution in [3.63, 3.8) is 0 Å². The molecular weight excluding hydrogens is 244 g/mol. The molecule has 3 nitrogen and oxygen atoms in total. The Labute approximate surface area is 106 Å². The number of anilines is 1. The first-order valence-electron chi connectivity index (χ1n) is 5.48. The molecule has 0 aromatic carbocycles. The van der Waals surface area contributed by atoms with Gasteiger partial charge in [-0.25, -0.2) is 4.98 Å². The number of hydrogen-bond donors (Lipinski definition) is 0. The molecule has 16 heavy (non-hydrogen) atoms. The first kappa shape index (κ1) is 13.7. The molecule has 0 aliphatic heterocycles. The van der Waals surface area contributed by atoms with Gasteiger partial charge in [-0.1, -0.05) is 6.92 Å². The predicted octanol–water partition coefficient (Wildman–Crippen LogP) is 3.13. The lowest BCUT2D eigenvalue weighted by Crippen LogP contribution is -2.35. The average Bonchev–Trinajstić information content (AvgIpc) is 2.77. The highest BCUT2D eigenvalue weighted by Gasteiger charge is 2.15. The second kappa shape index (κ2) is 7.09. The normalized spacial score (nSPS) is 12.8. The Hall–Kier alpha value is -0.320. The van der Waals surface area contributed by atoms with Crippen LogP contribution in [0.25, 0.3) is 0 Å². The lowest BCUT2D eigenvalue weighted by molar-refractivity contribution is 0.203. The summed E-state index contributed by atoms with van der Waals surface area (Å²) in [4.78, 5) is 6.79. The summed E-state index contributed by atoms with van der Waals surface area (Å²) in [6.45, 7) is 5.98. The number of thiazole rings is 1. The van der Waals surface area contributed by atoms with Gasteiger partial charge in [-0.3, -0.25) is 0 Å². The van der Waals surface area contributed by atoms with Gasteiger partial charge in [0.1, 0.15) is 0 Å². The van der Waals surface area contributed by atoms with Crippen molar-refractivity contribution in [2.75, 3.05) is 25.2 Å². The first-order valence-corrected chi connectivity index (χ1v) is 6.90. The lowest BCUT2D eigenvalue weighted by Gasteiger charge is -2.27. The zero-order valence-corrected chi connectivity index (χ0v) is 11.6. The maximum absolute atomic E-state index is 5.76. The molecule has 1 aromatic rings. The minimum absolute atomic E-state index is 0.476. The molecule has 0 N–H and O–H groups in total. The van der Waals surface area contributed by atoms with E-state index in [0.717, 1.165) is 30.4 Å². The molecule has 0 saturated carbocycles. The summed E-state index contributed by atoms with van der Waals surface area (Å²) in [5.41, 5.74) is 0.951. The molecule has 0 spiro atoms. The van der Waals surface area contributed by atoms with E-state index in [4.69, 9.17) is 16.3 Å². The second-order valence-electron chi connectivity index (χ2n) is 3.70. The number of ether oxygens (including phenoxy) is 1. The summed E-state index contributed by atoms with van der Waals surface area (Å²) in [6.07, 6.45) is 1.10. The van der Waals surface area contributed by atoms with Gasteiger partial charge in [0.25, 0.3) is 0 Å². The van der Waals surface area contributed by atoms with Gasteiger partial charge in [-0.2, -0.15) is 0 Å². The molecule has 5 heteroatoms. The number of halogens is 1. The summed E-state index contributed by atoms with van der Waals surface area (Å²) in [5, 5.41) is 3.06. The number of nitrogens with zero attached hydrogens (tertiary/aromatic N) is 2. The van der Waals surface area contributed by atoms with Crippen molar-refractivity contribution in [3.05, 3.63) is 11.1 Å². The Morgan fingerprint density at radius 1 is 1.62 bits per heavy atom. The molecule has 0 radical (unpaired) electrons. The van der Waals surface area contributed by atoms with Crippen molar-refractivity contribution in [3.8, 4) is 0 Å². The van der Waals surface area contributed by atoms with Crippen molar-refractivity contribution in [2.45, 2.75) is 32.2 Å². The maximum Gasteiger partial charge on any atom is 0.185 e. The second-order valence-corrected chi connectivity index (χ2v) is 4.80. The molecule has 1 unspecified atom stereocenters. The molecule has 1 heterocycles. The third-order valence-corrected chi connectivity index (χ3v) is 3.78. The van der Waals surface area contributed by atoms with Crippen molar-refractivity contribution >= 4 is 28.1 Å². The van der Waals surface area contributed by atoms with E-state index in [1.807, 2.05) is 5.38 Å². The quantitative estimate of drug-likeness (QED) is 0.706. The summed E-state index contributed by atoms with van der Waals surface area (Å²) in [7, 11) is 1.72. The van der Waals surface area contributed by atoms with Crippen LogP contribution in [0, 0.1) is 0 Å². The molecule has 0 aliphatic carbocycles.